The molecule has 0 unspecified atom stereocenters. The zero-order valence-corrected chi connectivity index (χ0v) is 11.3. The van der Waals surface area contributed by atoms with Crippen molar-refractivity contribution >= 4 is 22.5 Å². The molecule has 3 rings (SSSR count). The molecule has 2 N–H and O–H groups in total. The van der Waals surface area contributed by atoms with Crippen molar-refractivity contribution in [1.29, 1.82) is 0 Å². The third-order valence-corrected chi connectivity index (χ3v) is 3.20. The molecular formula is C17H14N2O2. The van der Waals surface area contributed by atoms with Crippen LogP contribution < -0.4 is 5.32 Å². The molecule has 0 radical (unpaired) electrons. The second-order valence-corrected chi connectivity index (χ2v) is 4.77. The highest BCUT2D eigenvalue weighted by atomic mass is 16.3. The van der Waals surface area contributed by atoms with Gasteiger partial charge in [-0.2, -0.15) is 0 Å². The van der Waals surface area contributed by atoms with E-state index in [9.17, 15) is 9.90 Å². The van der Waals surface area contributed by atoms with E-state index in [0.717, 1.165) is 22.2 Å². The fraction of sp³-hybridized carbons (Fsp3) is 0.0588. The minimum atomic E-state index is -0.128. The quantitative estimate of drug-likeness (QED) is 0.773. The summed E-state index contributed by atoms with van der Waals surface area (Å²) in [6.07, 6.45) is 1.94. The van der Waals surface area contributed by atoms with Crippen LogP contribution in [0.2, 0.25) is 0 Å². The summed E-state index contributed by atoms with van der Waals surface area (Å²) in [6, 6.07) is 16.1. The number of aromatic nitrogens is 1. The maximum atomic E-state index is 12.1. The molecule has 1 heterocycles. The Bertz CT molecular complexity index is 794. The topological polar surface area (TPSA) is 62.2 Å². The molecule has 104 valence electrons. The van der Waals surface area contributed by atoms with Gasteiger partial charge in [-0.15, -0.1) is 0 Å². The van der Waals surface area contributed by atoms with Crippen molar-refractivity contribution in [2.24, 2.45) is 0 Å². The van der Waals surface area contributed by atoms with Crippen LogP contribution in [0.25, 0.3) is 10.9 Å². The Morgan fingerprint density at radius 2 is 1.95 bits per heavy atom. The zero-order valence-electron chi connectivity index (χ0n) is 11.3. The van der Waals surface area contributed by atoms with Crippen LogP contribution in [0.1, 0.15) is 5.56 Å². The fourth-order valence-corrected chi connectivity index (χ4v) is 2.26. The highest BCUT2D eigenvalue weighted by molar-refractivity contribution is 6.01. The number of fused-ring (bicyclic) bond motifs is 1. The van der Waals surface area contributed by atoms with Crippen LogP contribution in [0.3, 0.4) is 0 Å². The van der Waals surface area contributed by atoms with Gasteiger partial charge in [-0.3, -0.25) is 9.78 Å². The van der Waals surface area contributed by atoms with Crippen LogP contribution in [0.4, 0.5) is 5.69 Å². The summed E-state index contributed by atoms with van der Waals surface area (Å²) in [6.45, 7) is 0. The van der Waals surface area contributed by atoms with Crippen molar-refractivity contribution < 1.29 is 9.90 Å². The van der Waals surface area contributed by atoms with E-state index in [0.29, 0.717) is 0 Å². The lowest BCUT2D eigenvalue weighted by Gasteiger charge is -2.08. The molecule has 3 aromatic rings. The van der Waals surface area contributed by atoms with Crippen LogP contribution in [-0.2, 0) is 11.2 Å². The summed E-state index contributed by atoms with van der Waals surface area (Å²) in [5.74, 6) is 0.0339. The van der Waals surface area contributed by atoms with E-state index in [1.54, 1.807) is 24.4 Å². The number of carbonyl (C=O) groups is 1. The van der Waals surface area contributed by atoms with Gasteiger partial charge in [-0.1, -0.05) is 18.2 Å². The molecule has 0 aliphatic heterocycles. The molecule has 0 aliphatic carbocycles. The van der Waals surface area contributed by atoms with E-state index in [4.69, 9.17) is 0 Å². The predicted octanol–water partition coefficient (Wildman–Crippen LogP) is 3.12. The lowest BCUT2D eigenvalue weighted by atomic mass is 10.1. The monoisotopic (exact) mass is 278 g/mol. The molecule has 0 atom stereocenters. The molecule has 1 aromatic heterocycles. The first-order valence-electron chi connectivity index (χ1n) is 6.64. The summed E-state index contributed by atoms with van der Waals surface area (Å²) >= 11 is 0. The number of nitrogens with zero attached hydrogens (tertiary/aromatic N) is 1. The number of rotatable bonds is 3. The summed E-state index contributed by atoms with van der Waals surface area (Å²) in [5, 5.41) is 13.2. The smallest absolute Gasteiger partial charge is 0.228 e. The zero-order chi connectivity index (χ0) is 14.7. The Labute approximate surface area is 122 Å². The Balaban J connectivity index is 1.80. The highest BCUT2D eigenvalue weighted by Crippen LogP contribution is 2.21. The van der Waals surface area contributed by atoms with E-state index < -0.39 is 0 Å². The standard InChI is InChI=1S/C17H14N2O2/c20-13-5-1-4-12(10-13)11-17(21)19-16-8-2-7-15-14(16)6-3-9-18-15/h1-10,20H,11H2,(H,19,21). The second-order valence-electron chi connectivity index (χ2n) is 4.77. The fourth-order valence-electron chi connectivity index (χ4n) is 2.26. The number of phenolic OH excluding ortho intramolecular Hbond substituents is 1. The molecule has 4 nitrogen and oxygen atoms in total. The molecule has 0 saturated heterocycles. The average Bonchev–Trinajstić information content (AvgIpc) is 2.47. The number of pyridine rings is 1. The van der Waals surface area contributed by atoms with Crippen molar-refractivity contribution in [2.45, 2.75) is 6.42 Å². The second kappa shape index (κ2) is 5.63. The lowest BCUT2D eigenvalue weighted by molar-refractivity contribution is -0.115. The van der Waals surface area contributed by atoms with Crippen LogP contribution >= 0.6 is 0 Å². The predicted molar refractivity (Wildman–Crippen MR) is 82.2 cm³/mol. The Hall–Kier alpha value is -2.88. The summed E-state index contributed by atoms with van der Waals surface area (Å²) in [5.41, 5.74) is 2.35. The molecule has 0 spiro atoms. The first-order chi connectivity index (χ1) is 10.2. The molecule has 0 bridgehead atoms. The maximum Gasteiger partial charge on any atom is 0.228 e. The van der Waals surface area contributed by atoms with Crippen molar-refractivity contribution in [2.75, 3.05) is 5.32 Å². The Morgan fingerprint density at radius 3 is 2.81 bits per heavy atom. The molecule has 0 fully saturated rings. The third-order valence-electron chi connectivity index (χ3n) is 3.20. The number of amides is 1. The molecule has 21 heavy (non-hydrogen) atoms. The Morgan fingerprint density at radius 1 is 1.10 bits per heavy atom. The van der Waals surface area contributed by atoms with Crippen LogP contribution in [-0.4, -0.2) is 16.0 Å². The van der Waals surface area contributed by atoms with Gasteiger partial charge in [0.2, 0.25) is 5.91 Å². The normalized spacial score (nSPS) is 10.5. The maximum absolute atomic E-state index is 12.1. The number of phenols is 1. The van der Waals surface area contributed by atoms with E-state index in [-0.39, 0.29) is 18.1 Å². The van der Waals surface area contributed by atoms with E-state index >= 15 is 0 Å². The van der Waals surface area contributed by atoms with Crippen LogP contribution in [0.15, 0.2) is 60.8 Å². The number of anilines is 1. The van der Waals surface area contributed by atoms with Crippen molar-refractivity contribution in [3.63, 3.8) is 0 Å². The third kappa shape index (κ3) is 3.00. The molecule has 2 aromatic carbocycles. The summed E-state index contributed by atoms with van der Waals surface area (Å²) in [4.78, 5) is 16.4. The van der Waals surface area contributed by atoms with E-state index in [1.165, 1.54) is 0 Å². The number of aromatic hydroxyl groups is 1. The minimum Gasteiger partial charge on any atom is -0.508 e. The largest absolute Gasteiger partial charge is 0.508 e. The number of hydrogen-bond donors (Lipinski definition) is 2. The molecule has 0 aliphatic rings. The Kier molecular flexibility index (Phi) is 3.51. The molecule has 1 amide bonds. The van der Waals surface area contributed by atoms with Gasteiger partial charge < -0.3 is 10.4 Å². The van der Waals surface area contributed by atoms with Gasteiger partial charge in [0, 0.05) is 11.6 Å². The highest BCUT2D eigenvalue weighted by Gasteiger charge is 2.07. The molecular weight excluding hydrogens is 264 g/mol. The number of carbonyl (C=O) groups excluding carboxylic acids is 1. The first-order valence-corrected chi connectivity index (χ1v) is 6.64. The van der Waals surface area contributed by atoms with Crippen molar-refractivity contribution in [3.05, 3.63) is 66.4 Å². The van der Waals surface area contributed by atoms with E-state index in [2.05, 4.69) is 10.3 Å². The van der Waals surface area contributed by atoms with Gasteiger partial charge in [-0.05, 0) is 42.0 Å². The van der Waals surface area contributed by atoms with Gasteiger partial charge in [-0.25, -0.2) is 0 Å². The van der Waals surface area contributed by atoms with Crippen molar-refractivity contribution in [3.8, 4) is 5.75 Å². The first kappa shape index (κ1) is 13.1. The minimum absolute atomic E-state index is 0.128. The van der Waals surface area contributed by atoms with Gasteiger partial charge in [0.1, 0.15) is 5.75 Å². The van der Waals surface area contributed by atoms with Crippen molar-refractivity contribution in [1.82, 2.24) is 4.98 Å². The number of nitrogens with one attached hydrogen (secondary N) is 1. The van der Waals surface area contributed by atoms with Gasteiger partial charge in [0.25, 0.3) is 0 Å². The molecule has 4 heteroatoms. The van der Waals surface area contributed by atoms with Crippen LogP contribution in [0, 0.1) is 0 Å². The van der Waals surface area contributed by atoms with Gasteiger partial charge in [0.05, 0.1) is 17.6 Å². The van der Waals surface area contributed by atoms with Gasteiger partial charge in [0.15, 0.2) is 0 Å². The molecule has 0 saturated carbocycles. The SMILES string of the molecule is O=C(Cc1cccc(O)c1)Nc1cccc2ncccc12. The summed E-state index contributed by atoms with van der Waals surface area (Å²) in [7, 11) is 0. The average molecular weight is 278 g/mol. The van der Waals surface area contributed by atoms with Gasteiger partial charge >= 0.3 is 0 Å². The van der Waals surface area contributed by atoms with E-state index in [1.807, 2.05) is 36.4 Å². The summed E-state index contributed by atoms with van der Waals surface area (Å²) < 4.78 is 0. The number of benzene rings is 2. The van der Waals surface area contributed by atoms with Crippen LogP contribution in [0.5, 0.6) is 5.75 Å². The lowest BCUT2D eigenvalue weighted by Crippen LogP contribution is -2.14. The number of hydrogen-bond acceptors (Lipinski definition) is 3.